The van der Waals surface area contributed by atoms with Gasteiger partial charge in [-0.25, -0.2) is 5.43 Å². The van der Waals surface area contributed by atoms with Crippen molar-refractivity contribution in [3.63, 3.8) is 0 Å². The Morgan fingerprint density at radius 2 is 2.17 bits per heavy atom. The Balaban J connectivity index is 3.42. The lowest BCUT2D eigenvalue weighted by Crippen LogP contribution is -2.62. The Labute approximate surface area is 68.2 Å². The second-order valence-corrected chi connectivity index (χ2v) is 1.62. The lowest BCUT2D eigenvalue weighted by Gasteiger charge is -2.25. The van der Waals surface area contributed by atoms with Gasteiger partial charge in [0.1, 0.15) is 5.03 Å². The molecular weight excluding hydrogens is 172 g/mol. The van der Waals surface area contributed by atoms with Crippen LogP contribution in [-0.2, 0) is 14.6 Å². The van der Waals surface area contributed by atoms with Crippen molar-refractivity contribution in [1.29, 1.82) is 0 Å². The van der Waals surface area contributed by atoms with Crippen LogP contribution in [0.1, 0.15) is 0 Å². The molecule has 0 aromatic heterocycles. The van der Waals surface area contributed by atoms with Gasteiger partial charge < -0.3 is 5.21 Å². The van der Waals surface area contributed by atoms with Crippen LogP contribution in [-0.4, -0.2) is 24.2 Å². The third-order valence-corrected chi connectivity index (χ3v) is 0.791. The van der Waals surface area contributed by atoms with Gasteiger partial charge in [-0.05, 0) is 4.94 Å². The number of hydrazine groups is 1. The first kappa shape index (κ1) is 11.6. The zero-order chi connectivity index (χ0) is 9.61. The van der Waals surface area contributed by atoms with Crippen molar-refractivity contribution in [1.82, 2.24) is 10.8 Å². The van der Waals surface area contributed by atoms with E-state index in [-0.39, 0.29) is 12.1 Å². The number of quaternary nitrogens is 1. The zero-order valence-corrected chi connectivity index (χ0v) is 6.47. The maximum atomic E-state index is 10.3. The molecular formula is C2H12N6O4. The van der Waals surface area contributed by atoms with Gasteiger partial charge in [-0.1, -0.05) is 11.7 Å². The molecule has 0 saturated heterocycles. The van der Waals surface area contributed by atoms with Crippen molar-refractivity contribution in [2.45, 2.75) is 0 Å². The van der Waals surface area contributed by atoms with E-state index in [0.717, 1.165) is 7.11 Å². The van der Waals surface area contributed by atoms with E-state index in [1.165, 1.54) is 0 Å². The summed E-state index contributed by atoms with van der Waals surface area (Å²) in [4.78, 5) is 12.5. The fourth-order valence-electron chi connectivity index (χ4n) is 0.277. The highest BCUT2D eigenvalue weighted by Crippen LogP contribution is 1.85. The quantitative estimate of drug-likeness (QED) is 0.148. The molecule has 7 N–H and O–H groups in total. The number of rotatable bonds is 6. The van der Waals surface area contributed by atoms with Crippen LogP contribution in [0.4, 0.5) is 0 Å². The van der Waals surface area contributed by atoms with E-state index in [9.17, 15) is 5.21 Å². The van der Waals surface area contributed by atoms with E-state index in [4.69, 9.17) is 11.7 Å². The Hall–Kier alpha value is -0.400. The number of hydrogen-bond donors (Lipinski definition) is 4. The van der Waals surface area contributed by atoms with Gasteiger partial charge in [0, 0.05) is 0 Å². The fourth-order valence-corrected chi connectivity index (χ4v) is 0.277. The molecule has 0 rings (SSSR count). The van der Waals surface area contributed by atoms with E-state index in [2.05, 4.69) is 20.5 Å². The predicted molar refractivity (Wildman–Crippen MR) is 35.2 cm³/mol. The summed E-state index contributed by atoms with van der Waals surface area (Å²) < 4.78 is 0. The van der Waals surface area contributed by atoms with E-state index in [1.54, 1.807) is 0 Å². The van der Waals surface area contributed by atoms with E-state index in [0.29, 0.717) is 0 Å². The van der Waals surface area contributed by atoms with Crippen molar-refractivity contribution >= 4 is 0 Å². The predicted octanol–water partition coefficient (Wildman–Crippen LogP) is -2.89. The maximum Gasteiger partial charge on any atom is 0.180 e. The average Bonchev–Trinajstić information content (AvgIpc) is 2.04. The fraction of sp³-hybridized carbons (Fsp3) is 1.00. The molecule has 10 heteroatoms. The highest BCUT2D eigenvalue weighted by atomic mass is 17.1. The number of nitrogens with zero attached hydrogens (tertiary/aromatic N) is 2. The second kappa shape index (κ2) is 5.28. The topological polar surface area (TPSA) is 144 Å². The second-order valence-electron chi connectivity index (χ2n) is 1.62. The Morgan fingerprint density at radius 3 is 2.58 bits per heavy atom. The van der Waals surface area contributed by atoms with Gasteiger partial charge >= 0.3 is 0 Å². The van der Waals surface area contributed by atoms with Gasteiger partial charge in [0.2, 0.25) is 0 Å². The molecule has 12 heavy (non-hydrogen) atoms. The minimum atomic E-state index is -1.33. The minimum absolute atomic E-state index is 0.0382. The minimum Gasteiger partial charge on any atom is -0.748 e. The van der Waals surface area contributed by atoms with Crippen LogP contribution >= 0.6 is 0 Å². The third kappa shape index (κ3) is 5.28. The molecule has 0 saturated carbocycles. The van der Waals surface area contributed by atoms with Crippen LogP contribution in [0.5, 0.6) is 0 Å². The van der Waals surface area contributed by atoms with Gasteiger partial charge in [0.05, 0.1) is 7.11 Å². The van der Waals surface area contributed by atoms with Gasteiger partial charge in [0.25, 0.3) is 0 Å². The largest absolute Gasteiger partial charge is 0.748 e. The third-order valence-electron chi connectivity index (χ3n) is 0.791. The van der Waals surface area contributed by atoms with E-state index in [1.807, 2.05) is 5.43 Å². The molecule has 74 valence electrons. The SMILES string of the molecule is CON([O-])NCO[N+](N)(N)ON. The molecule has 0 radical (unpaired) electrons. The molecule has 0 aliphatic heterocycles. The van der Waals surface area contributed by atoms with Gasteiger partial charge in [-0.15, -0.1) is 4.84 Å². The lowest BCUT2D eigenvalue weighted by atomic mass is 11.3. The summed E-state index contributed by atoms with van der Waals surface area (Å²) >= 11 is 0. The molecule has 0 atom stereocenters. The average molecular weight is 184 g/mol. The Kier molecular flexibility index (Phi) is 5.11. The molecule has 0 fully saturated rings. The van der Waals surface area contributed by atoms with Gasteiger partial charge in [0.15, 0.2) is 6.73 Å². The van der Waals surface area contributed by atoms with Crippen molar-refractivity contribution in [2.75, 3.05) is 13.8 Å². The van der Waals surface area contributed by atoms with Crippen molar-refractivity contribution in [3.05, 3.63) is 5.21 Å². The Morgan fingerprint density at radius 1 is 1.58 bits per heavy atom. The molecule has 0 bridgehead atoms. The zero-order valence-electron chi connectivity index (χ0n) is 6.47. The summed E-state index contributed by atoms with van der Waals surface area (Å²) in [7, 11) is 1.16. The lowest BCUT2D eigenvalue weighted by molar-refractivity contribution is -1.27. The first-order valence-corrected chi connectivity index (χ1v) is 2.76. The summed E-state index contributed by atoms with van der Waals surface area (Å²) in [6.07, 6.45) is 0. The molecule has 0 unspecified atom stereocenters. The van der Waals surface area contributed by atoms with Gasteiger partial charge in [-0.3, -0.25) is 4.84 Å². The van der Waals surface area contributed by atoms with Crippen molar-refractivity contribution in [3.8, 4) is 0 Å². The van der Waals surface area contributed by atoms with Crippen molar-refractivity contribution in [2.24, 2.45) is 17.6 Å². The highest BCUT2D eigenvalue weighted by Gasteiger charge is 2.19. The van der Waals surface area contributed by atoms with Crippen LogP contribution in [0.2, 0.25) is 0 Å². The summed E-state index contributed by atoms with van der Waals surface area (Å²) in [5.41, 5.74) is 2.04. The molecule has 0 aliphatic carbocycles. The summed E-state index contributed by atoms with van der Waals surface area (Å²) in [6.45, 7) is -0.332. The Bertz CT molecular complexity index is 120. The van der Waals surface area contributed by atoms with Crippen LogP contribution < -0.4 is 23.0 Å². The normalized spacial score (nSPS) is 12.5. The first-order chi connectivity index (χ1) is 5.52. The summed E-state index contributed by atoms with van der Waals surface area (Å²) in [5, 5.41) is 9.04. The number of hydrogen-bond acceptors (Lipinski definition) is 9. The first-order valence-electron chi connectivity index (χ1n) is 2.76. The highest BCUT2D eigenvalue weighted by molar-refractivity contribution is 4.24. The molecule has 10 nitrogen and oxygen atoms in total. The van der Waals surface area contributed by atoms with E-state index < -0.39 is 5.03 Å². The molecule has 0 aliphatic rings. The summed E-state index contributed by atoms with van der Waals surface area (Å²) in [6, 6.07) is 0. The smallest absolute Gasteiger partial charge is 0.180 e. The molecule has 0 amide bonds. The maximum absolute atomic E-state index is 10.3. The van der Waals surface area contributed by atoms with Crippen LogP contribution in [0.25, 0.3) is 0 Å². The molecule has 0 aromatic carbocycles. The molecule has 0 aromatic rings. The van der Waals surface area contributed by atoms with Crippen LogP contribution in [0, 0.1) is 5.21 Å². The monoisotopic (exact) mass is 184 g/mol. The summed E-state index contributed by atoms with van der Waals surface area (Å²) in [5.74, 6) is 14.6. The van der Waals surface area contributed by atoms with Crippen LogP contribution in [0.3, 0.4) is 0 Å². The standard InChI is InChI=1S/C2H12N6O4/c1-10-7(9)6-2-11-8(3,4)12-5/h6H,2-5H2,1H3. The van der Waals surface area contributed by atoms with E-state index >= 15 is 0 Å². The van der Waals surface area contributed by atoms with Crippen molar-refractivity contribution < 1.29 is 19.6 Å². The molecule has 0 spiro atoms. The van der Waals surface area contributed by atoms with Gasteiger partial charge in [-0.2, -0.15) is 11.2 Å². The number of nitrogens with two attached hydrogens (primary N) is 3. The molecule has 0 heterocycles. The van der Waals surface area contributed by atoms with Crippen LogP contribution in [0.15, 0.2) is 0 Å². The number of nitrogens with one attached hydrogen (secondary N) is 1.